The van der Waals surface area contributed by atoms with Gasteiger partial charge >= 0.3 is 0 Å². The summed E-state index contributed by atoms with van der Waals surface area (Å²) >= 11 is 0. The second-order valence-electron chi connectivity index (χ2n) is 12.8. The second-order valence-corrected chi connectivity index (χ2v) is 12.8. The van der Waals surface area contributed by atoms with E-state index < -0.39 is 0 Å². The van der Waals surface area contributed by atoms with E-state index in [0.717, 1.165) is 22.3 Å². The molecule has 234 valence electrons. The van der Waals surface area contributed by atoms with E-state index in [1.54, 1.807) is 7.05 Å². The summed E-state index contributed by atoms with van der Waals surface area (Å²) in [5, 5.41) is 0. The summed E-state index contributed by atoms with van der Waals surface area (Å²) < 4.78 is 0. The molecular formula is C43H44BN3. The van der Waals surface area contributed by atoms with E-state index in [4.69, 9.17) is 6.42 Å². The van der Waals surface area contributed by atoms with Gasteiger partial charge in [-0.3, -0.25) is 15.0 Å². The van der Waals surface area contributed by atoms with Crippen LogP contribution in [0.15, 0.2) is 78.3 Å². The zero-order valence-corrected chi connectivity index (χ0v) is 29.5. The molecule has 3 aromatic carbocycles. The predicted molar refractivity (Wildman–Crippen MR) is 204 cm³/mol. The van der Waals surface area contributed by atoms with Crippen LogP contribution in [0.3, 0.4) is 0 Å². The number of aryl methyl sites for hydroxylation is 6. The Morgan fingerprint density at radius 1 is 0.660 bits per heavy atom. The largest absolute Gasteiger partial charge is 0.296 e. The van der Waals surface area contributed by atoms with Crippen molar-refractivity contribution in [3.8, 4) is 34.6 Å². The fourth-order valence-corrected chi connectivity index (χ4v) is 8.12. The fourth-order valence-electron chi connectivity index (χ4n) is 8.12. The number of terminal acetylenes is 1. The third-order valence-corrected chi connectivity index (χ3v) is 9.66. The van der Waals surface area contributed by atoms with Gasteiger partial charge in [0.2, 0.25) is 6.71 Å². The monoisotopic (exact) mass is 613 g/mol. The first-order chi connectivity index (χ1) is 22.5. The number of nitrogens with zero attached hydrogens (tertiary/aromatic N) is 3. The molecule has 0 radical (unpaired) electrons. The molecule has 0 unspecified atom stereocenters. The summed E-state index contributed by atoms with van der Waals surface area (Å²) in [6, 6.07) is 15.4. The molecular weight excluding hydrogens is 569 g/mol. The molecule has 0 aliphatic carbocycles. The Morgan fingerprint density at radius 3 is 1.51 bits per heavy atom. The maximum absolute atomic E-state index is 5.86. The number of benzene rings is 3. The van der Waals surface area contributed by atoms with Gasteiger partial charge in [0.05, 0.1) is 0 Å². The molecule has 0 aliphatic heterocycles. The molecule has 3 nitrogen and oxygen atoms in total. The lowest BCUT2D eigenvalue weighted by atomic mass is 9.32. The third kappa shape index (κ3) is 6.11. The van der Waals surface area contributed by atoms with Crippen molar-refractivity contribution in [2.75, 3.05) is 7.05 Å². The molecule has 0 N–H and O–H groups in total. The minimum atomic E-state index is -0.0490. The molecule has 0 fully saturated rings. The van der Waals surface area contributed by atoms with Crippen molar-refractivity contribution >= 4 is 34.9 Å². The van der Waals surface area contributed by atoms with Gasteiger partial charge in [-0.25, -0.2) is 0 Å². The SMILES string of the molecule is C#C/C=C(\C=NC)c1c(C)cc(C)c(B(c2c(C)cc(C)c(-c3cccnc3)c2C)c2c(C)cc(C)c(-c3cccnc3)c2C)c1C. The zero-order valence-electron chi connectivity index (χ0n) is 29.5. The van der Waals surface area contributed by atoms with Gasteiger partial charge in [-0.1, -0.05) is 69.3 Å². The van der Waals surface area contributed by atoms with Gasteiger partial charge < -0.3 is 0 Å². The van der Waals surface area contributed by atoms with Crippen molar-refractivity contribution < 1.29 is 0 Å². The minimum Gasteiger partial charge on any atom is -0.296 e. The van der Waals surface area contributed by atoms with E-state index in [2.05, 4.69) is 114 Å². The predicted octanol–water partition coefficient (Wildman–Crippen LogP) is 7.82. The van der Waals surface area contributed by atoms with Crippen LogP contribution in [0.5, 0.6) is 0 Å². The van der Waals surface area contributed by atoms with E-state index in [1.807, 2.05) is 49.2 Å². The molecule has 4 heteroatoms. The van der Waals surface area contributed by atoms with E-state index >= 15 is 0 Å². The number of aliphatic imine (C=N–C) groups is 1. The number of rotatable bonds is 7. The van der Waals surface area contributed by atoms with Crippen LogP contribution < -0.4 is 16.4 Å². The Hall–Kier alpha value is -5.01. The van der Waals surface area contributed by atoms with Crippen molar-refractivity contribution in [3.05, 3.63) is 129 Å². The highest BCUT2D eigenvalue weighted by atomic mass is 14.6. The highest BCUT2D eigenvalue weighted by Gasteiger charge is 2.34. The van der Waals surface area contributed by atoms with Gasteiger partial charge in [0.15, 0.2) is 0 Å². The van der Waals surface area contributed by atoms with Gasteiger partial charge in [0.1, 0.15) is 0 Å². The van der Waals surface area contributed by atoms with Crippen LogP contribution in [0, 0.1) is 74.7 Å². The molecule has 0 saturated heterocycles. The Bertz CT molecular complexity index is 1980. The van der Waals surface area contributed by atoms with Crippen LogP contribution in [-0.4, -0.2) is 29.9 Å². The van der Waals surface area contributed by atoms with E-state index in [-0.39, 0.29) is 6.71 Å². The number of hydrogen-bond donors (Lipinski definition) is 0. The number of aromatic nitrogens is 2. The maximum atomic E-state index is 5.86. The molecule has 2 aromatic heterocycles. The maximum Gasteiger partial charge on any atom is 0.243 e. The first kappa shape index (κ1) is 33.4. The van der Waals surface area contributed by atoms with Crippen molar-refractivity contribution in [1.82, 2.24) is 9.97 Å². The number of hydrogen-bond acceptors (Lipinski definition) is 3. The Balaban J connectivity index is 1.99. The second kappa shape index (κ2) is 13.8. The molecule has 5 rings (SSSR count). The highest BCUT2D eigenvalue weighted by molar-refractivity contribution is 6.97. The van der Waals surface area contributed by atoms with Gasteiger partial charge in [0.25, 0.3) is 0 Å². The molecule has 5 aromatic rings. The summed E-state index contributed by atoms with van der Waals surface area (Å²) in [5.74, 6) is 2.77. The molecule has 2 heterocycles. The molecule has 0 bridgehead atoms. The molecule has 0 saturated carbocycles. The quantitative estimate of drug-likeness (QED) is 0.107. The molecule has 0 spiro atoms. The number of pyridine rings is 2. The average molecular weight is 614 g/mol. The van der Waals surface area contributed by atoms with Crippen LogP contribution in [0.1, 0.15) is 55.6 Å². The molecule has 0 aliphatic rings. The lowest BCUT2D eigenvalue weighted by Gasteiger charge is -2.31. The van der Waals surface area contributed by atoms with Crippen molar-refractivity contribution in [3.63, 3.8) is 0 Å². The Morgan fingerprint density at radius 2 is 1.11 bits per heavy atom. The first-order valence-electron chi connectivity index (χ1n) is 16.2. The summed E-state index contributed by atoms with van der Waals surface area (Å²) in [4.78, 5) is 13.4. The van der Waals surface area contributed by atoms with Crippen LogP contribution in [0.4, 0.5) is 0 Å². The van der Waals surface area contributed by atoms with Crippen LogP contribution in [0.2, 0.25) is 0 Å². The van der Waals surface area contributed by atoms with Crippen LogP contribution >= 0.6 is 0 Å². The zero-order chi connectivity index (χ0) is 34.0. The normalized spacial score (nSPS) is 11.6. The van der Waals surface area contributed by atoms with Crippen LogP contribution in [-0.2, 0) is 0 Å². The highest BCUT2D eigenvalue weighted by Crippen LogP contribution is 2.31. The van der Waals surface area contributed by atoms with Crippen molar-refractivity contribution in [1.29, 1.82) is 0 Å². The lowest BCUT2D eigenvalue weighted by molar-refractivity contribution is 1.29. The summed E-state index contributed by atoms with van der Waals surface area (Å²) in [7, 11) is 1.80. The van der Waals surface area contributed by atoms with E-state index in [1.165, 1.54) is 77.6 Å². The summed E-state index contributed by atoms with van der Waals surface area (Å²) in [6.07, 6.45) is 17.2. The van der Waals surface area contributed by atoms with Crippen molar-refractivity contribution in [2.45, 2.75) is 62.3 Å². The molecule has 0 atom stereocenters. The summed E-state index contributed by atoms with van der Waals surface area (Å²) in [6.45, 7) is 20.2. The minimum absolute atomic E-state index is 0.0490. The summed E-state index contributed by atoms with van der Waals surface area (Å²) in [5.41, 5.74) is 22.1. The fraction of sp³-hybridized carbons (Fsp3) is 0.233. The van der Waals surface area contributed by atoms with E-state index in [0.29, 0.717) is 0 Å². The molecule has 47 heavy (non-hydrogen) atoms. The first-order valence-corrected chi connectivity index (χ1v) is 16.2. The Labute approximate surface area is 282 Å². The smallest absolute Gasteiger partial charge is 0.243 e. The van der Waals surface area contributed by atoms with Gasteiger partial charge in [0, 0.05) is 54.7 Å². The van der Waals surface area contributed by atoms with Crippen molar-refractivity contribution in [2.24, 2.45) is 4.99 Å². The number of allylic oxidation sites excluding steroid dienone is 2. The lowest BCUT2D eigenvalue weighted by Crippen LogP contribution is -2.58. The topological polar surface area (TPSA) is 38.1 Å². The van der Waals surface area contributed by atoms with Gasteiger partial charge in [-0.05, 0) is 131 Å². The van der Waals surface area contributed by atoms with Gasteiger partial charge in [-0.15, -0.1) is 6.42 Å². The van der Waals surface area contributed by atoms with Gasteiger partial charge in [-0.2, -0.15) is 0 Å². The van der Waals surface area contributed by atoms with E-state index in [9.17, 15) is 0 Å². The standard InChI is InChI=1S/C43H44BN3/c1-12-15-35(23-45-11)38-26(2)20-29(5)41(32(38)8)44(42-30(6)21-27(3)39(33(42)9)36-16-13-18-46-24-36)43-31(7)22-28(4)40(34(43)10)37-17-14-19-47-25-37/h1,13-25H,2-11H3/b35-15+,45-23?. The molecule has 0 amide bonds. The average Bonchev–Trinajstić information content (AvgIpc) is 3.01. The third-order valence-electron chi connectivity index (χ3n) is 9.66. The van der Waals surface area contributed by atoms with Crippen LogP contribution in [0.25, 0.3) is 27.8 Å². The Kier molecular flexibility index (Phi) is 9.78.